The van der Waals surface area contributed by atoms with Crippen LogP contribution in [0.25, 0.3) is 11.6 Å². The topological polar surface area (TPSA) is 91.1 Å². The molecule has 0 fully saturated rings. The van der Waals surface area contributed by atoms with Crippen LogP contribution in [-0.2, 0) is 6.54 Å². The van der Waals surface area contributed by atoms with Crippen LogP contribution >= 0.6 is 0 Å². The predicted octanol–water partition coefficient (Wildman–Crippen LogP) is 3.09. The summed E-state index contributed by atoms with van der Waals surface area (Å²) in [6.07, 6.45) is 7.87. The maximum absolute atomic E-state index is 5.29. The largest absolute Gasteiger partial charge is 0.461 e. The average molecular weight is 332 g/mol. The summed E-state index contributed by atoms with van der Waals surface area (Å²) in [6.45, 7) is 4.94. The Labute approximate surface area is 143 Å². The van der Waals surface area contributed by atoms with E-state index in [9.17, 15) is 0 Å². The lowest BCUT2D eigenvalue weighted by atomic mass is 10.1. The Kier molecular flexibility index (Phi) is 7.32. The van der Waals surface area contributed by atoms with Gasteiger partial charge in [-0.2, -0.15) is 0 Å². The molecule has 2 aromatic rings. The minimum absolute atomic E-state index is 0.390. The second kappa shape index (κ2) is 9.75. The molecule has 1 atom stereocenters. The molecule has 7 nitrogen and oxygen atoms in total. The maximum Gasteiger partial charge on any atom is 0.216 e. The number of rotatable bonds is 9. The van der Waals surface area contributed by atoms with Crippen LogP contribution in [0, 0.1) is 0 Å². The van der Waals surface area contributed by atoms with E-state index >= 15 is 0 Å². The molecule has 0 aliphatic heterocycles. The van der Waals surface area contributed by atoms with Crippen LogP contribution in [0.3, 0.4) is 0 Å². The molecule has 0 saturated heterocycles. The lowest BCUT2D eigenvalue weighted by molar-refractivity contribution is 0.536. The minimum atomic E-state index is 0.390. The smallest absolute Gasteiger partial charge is 0.216 e. The molecule has 0 amide bonds. The van der Waals surface area contributed by atoms with E-state index in [0.717, 1.165) is 18.2 Å². The number of nitrogens with one attached hydrogen (secondary N) is 3. The molecule has 2 rings (SSSR count). The summed E-state index contributed by atoms with van der Waals surface area (Å²) in [5.74, 6) is 2.72. The SMILES string of the molecule is CCCCCCC(C)NC(=NC)NCc1nc(-c2ccco2)n[nH]1. The summed E-state index contributed by atoms with van der Waals surface area (Å²) in [7, 11) is 1.77. The van der Waals surface area contributed by atoms with Gasteiger partial charge >= 0.3 is 0 Å². The highest BCUT2D eigenvalue weighted by Gasteiger charge is 2.09. The van der Waals surface area contributed by atoms with Crippen molar-refractivity contribution >= 4 is 5.96 Å². The number of hydrogen-bond acceptors (Lipinski definition) is 4. The molecule has 0 aromatic carbocycles. The first-order chi connectivity index (χ1) is 11.7. The van der Waals surface area contributed by atoms with Gasteiger partial charge in [-0.25, -0.2) is 4.98 Å². The molecule has 2 heterocycles. The van der Waals surface area contributed by atoms with Gasteiger partial charge in [-0.15, -0.1) is 5.10 Å². The van der Waals surface area contributed by atoms with E-state index in [2.05, 4.69) is 44.7 Å². The van der Waals surface area contributed by atoms with Crippen LogP contribution in [0.5, 0.6) is 0 Å². The van der Waals surface area contributed by atoms with Crippen molar-refractivity contribution in [2.45, 2.75) is 58.5 Å². The predicted molar refractivity (Wildman–Crippen MR) is 95.6 cm³/mol. The van der Waals surface area contributed by atoms with E-state index in [1.54, 1.807) is 13.3 Å². The van der Waals surface area contributed by atoms with Crippen molar-refractivity contribution in [2.75, 3.05) is 7.05 Å². The Bertz CT molecular complexity index is 604. The van der Waals surface area contributed by atoms with Gasteiger partial charge in [0.1, 0.15) is 5.82 Å². The third-order valence-electron chi connectivity index (χ3n) is 3.79. The summed E-state index contributed by atoms with van der Waals surface area (Å²) in [5, 5.41) is 13.7. The highest BCUT2D eigenvalue weighted by atomic mass is 16.3. The monoisotopic (exact) mass is 332 g/mol. The molecule has 3 N–H and O–H groups in total. The Balaban J connectivity index is 1.75. The zero-order valence-electron chi connectivity index (χ0n) is 14.8. The fourth-order valence-corrected chi connectivity index (χ4v) is 2.44. The van der Waals surface area contributed by atoms with E-state index in [4.69, 9.17) is 4.42 Å². The van der Waals surface area contributed by atoms with Gasteiger partial charge in [-0.05, 0) is 25.5 Å². The Morgan fingerprint density at radius 3 is 2.96 bits per heavy atom. The van der Waals surface area contributed by atoms with Crippen molar-refractivity contribution in [3.05, 3.63) is 24.2 Å². The first-order valence-electron chi connectivity index (χ1n) is 8.65. The van der Waals surface area contributed by atoms with Crippen LogP contribution in [-0.4, -0.2) is 34.2 Å². The number of aromatic amines is 1. The van der Waals surface area contributed by atoms with E-state index in [1.807, 2.05) is 12.1 Å². The second-order valence-corrected chi connectivity index (χ2v) is 5.90. The van der Waals surface area contributed by atoms with Gasteiger partial charge in [0.2, 0.25) is 5.82 Å². The van der Waals surface area contributed by atoms with Gasteiger partial charge in [0, 0.05) is 13.1 Å². The lowest BCUT2D eigenvalue weighted by Gasteiger charge is -2.17. The molecule has 0 aliphatic rings. The van der Waals surface area contributed by atoms with Gasteiger partial charge in [-0.1, -0.05) is 32.6 Å². The van der Waals surface area contributed by atoms with Crippen LogP contribution in [0.15, 0.2) is 27.8 Å². The maximum atomic E-state index is 5.29. The number of aromatic nitrogens is 3. The van der Waals surface area contributed by atoms with Gasteiger partial charge in [0.05, 0.1) is 12.8 Å². The van der Waals surface area contributed by atoms with Crippen LogP contribution in [0.1, 0.15) is 51.8 Å². The van der Waals surface area contributed by atoms with Crippen molar-refractivity contribution in [1.82, 2.24) is 25.8 Å². The van der Waals surface area contributed by atoms with E-state index in [0.29, 0.717) is 24.2 Å². The number of nitrogens with zero attached hydrogens (tertiary/aromatic N) is 3. The minimum Gasteiger partial charge on any atom is -0.461 e. The van der Waals surface area contributed by atoms with Crippen molar-refractivity contribution in [3.63, 3.8) is 0 Å². The number of furan rings is 1. The van der Waals surface area contributed by atoms with Crippen molar-refractivity contribution in [2.24, 2.45) is 4.99 Å². The van der Waals surface area contributed by atoms with Crippen LogP contribution in [0.2, 0.25) is 0 Å². The number of H-pyrrole nitrogens is 1. The van der Waals surface area contributed by atoms with E-state index < -0.39 is 0 Å². The van der Waals surface area contributed by atoms with Crippen LogP contribution in [0.4, 0.5) is 0 Å². The fourth-order valence-electron chi connectivity index (χ4n) is 2.44. The molecule has 24 heavy (non-hydrogen) atoms. The van der Waals surface area contributed by atoms with Crippen molar-refractivity contribution in [1.29, 1.82) is 0 Å². The molecule has 2 aromatic heterocycles. The number of hydrogen-bond donors (Lipinski definition) is 3. The van der Waals surface area contributed by atoms with Crippen molar-refractivity contribution < 1.29 is 4.42 Å². The summed E-state index contributed by atoms with van der Waals surface area (Å²) in [5.41, 5.74) is 0. The van der Waals surface area contributed by atoms with Gasteiger partial charge in [0.15, 0.2) is 11.7 Å². The van der Waals surface area contributed by atoms with Gasteiger partial charge in [-0.3, -0.25) is 10.1 Å². The zero-order valence-corrected chi connectivity index (χ0v) is 14.8. The molecule has 0 bridgehead atoms. The first kappa shape index (κ1) is 18.0. The standard InChI is InChI=1S/C17H28N6O/c1-4-5-6-7-9-13(2)20-17(18-3)19-12-15-21-16(23-22-15)14-10-8-11-24-14/h8,10-11,13H,4-7,9,12H2,1-3H3,(H2,18,19,20)(H,21,22,23). The number of guanidine groups is 1. The Hall–Kier alpha value is -2.31. The molecule has 0 radical (unpaired) electrons. The zero-order chi connectivity index (χ0) is 17.2. The highest BCUT2D eigenvalue weighted by Crippen LogP contribution is 2.14. The van der Waals surface area contributed by atoms with Gasteiger partial charge in [0.25, 0.3) is 0 Å². The molecule has 1 unspecified atom stereocenters. The number of aliphatic imine (C=N–C) groups is 1. The third kappa shape index (κ3) is 5.72. The molecule has 132 valence electrons. The lowest BCUT2D eigenvalue weighted by Crippen LogP contribution is -2.42. The number of unbranched alkanes of at least 4 members (excludes halogenated alkanes) is 3. The molecule has 0 aliphatic carbocycles. The summed E-state index contributed by atoms with van der Waals surface area (Å²) in [4.78, 5) is 8.66. The van der Waals surface area contributed by atoms with E-state index in [1.165, 1.54) is 25.7 Å². The third-order valence-corrected chi connectivity index (χ3v) is 3.79. The second-order valence-electron chi connectivity index (χ2n) is 5.90. The summed E-state index contributed by atoms with van der Waals surface area (Å²) >= 11 is 0. The highest BCUT2D eigenvalue weighted by molar-refractivity contribution is 5.79. The molecule has 0 spiro atoms. The normalized spacial score (nSPS) is 13.0. The Morgan fingerprint density at radius 1 is 1.38 bits per heavy atom. The first-order valence-corrected chi connectivity index (χ1v) is 8.65. The Morgan fingerprint density at radius 2 is 2.25 bits per heavy atom. The van der Waals surface area contributed by atoms with Crippen LogP contribution < -0.4 is 10.6 Å². The average Bonchev–Trinajstić information content (AvgIpc) is 3.26. The molecular weight excluding hydrogens is 304 g/mol. The van der Waals surface area contributed by atoms with Gasteiger partial charge < -0.3 is 15.1 Å². The summed E-state index contributed by atoms with van der Waals surface area (Å²) in [6, 6.07) is 4.04. The quantitative estimate of drug-likeness (QED) is 0.373. The van der Waals surface area contributed by atoms with E-state index in [-0.39, 0.29) is 0 Å². The molecule has 0 saturated carbocycles. The molecular formula is C17H28N6O. The van der Waals surface area contributed by atoms with Crippen molar-refractivity contribution in [3.8, 4) is 11.6 Å². The summed E-state index contributed by atoms with van der Waals surface area (Å²) < 4.78 is 5.29. The fraction of sp³-hybridized carbons (Fsp3) is 0.588. The molecule has 7 heteroatoms.